The van der Waals surface area contributed by atoms with Gasteiger partial charge in [-0.3, -0.25) is 0 Å². The van der Waals surface area contributed by atoms with Crippen LogP contribution >= 0.6 is 23.2 Å². The smallest absolute Gasteiger partial charge is 0.0479 e. The van der Waals surface area contributed by atoms with E-state index < -0.39 is 0 Å². The summed E-state index contributed by atoms with van der Waals surface area (Å²) in [5, 5.41) is 3.05. The molecule has 1 saturated carbocycles. The van der Waals surface area contributed by atoms with Crippen LogP contribution in [0, 0.1) is 5.92 Å². The van der Waals surface area contributed by atoms with Gasteiger partial charge in [-0.15, -0.1) is 0 Å². The molecule has 104 valence electrons. The minimum absolute atomic E-state index is 0.0469. The summed E-state index contributed by atoms with van der Waals surface area (Å²) in [6.07, 6.45) is 4.40. The second kappa shape index (κ2) is 4.29. The molecular weight excluding hydrogens is 289 g/mol. The Morgan fingerprint density at radius 3 is 2.85 bits per heavy atom. The van der Waals surface area contributed by atoms with Crippen molar-refractivity contribution in [1.82, 2.24) is 4.98 Å². The second-order valence-corrected chi connectivity index (χ2v) is 6.93. The number of benzene rings is 1. The molecule has 4 rings (SSSR count). The third-order valence-corrected chi connectivity index (χ3v) is 6.27. The molecule has 20 heavy (non-hydrogen) atoms. The van der Waals surface area contributed by atoms with Crippen LogP contribution < -0.4 is 0 Å². The van der Waals surface area contributed by atoms with Crippen molar-refractivity contribution in [3.05, 3.63) is 45.6 Å². The van der Waals surface area contributed by atoms with Crippen molar-refractivity contribution < 1.29 is 0 Å². The fraction of sp³-hybridized carbons (Fsp3) is 0.412. The van der Waals surface area contributed by atoms with Crippen LogP contribution in [0.25, 0.3) is 10.9 Å². The second-order valence-electron chi connectivity index (χ2n) is 6.14. The lowest BCUT2D eigenvalue weighted by Crippen LogP contribution is -2.21. The van der Waals surface area contributed by atoms with Gasteiger partial charge >= 0.3 is 0 Å². The summed E-state index contributed by atoms with van der Waals surface area (Å²) in [6.45, 7) is 2.19. The van der Waals surface area contributed by atoms with Gasteiger partial charge in [-0.2, -0.15) is 0 Å². The molecule has 2 bridgehead atoms. The third-order valence-electron chi connectivity index (χ3n) is 5.11. The third kappa shape index (κ3) is 1.57. The summed E-state index contributed by atoms with van der Waals surface area (Å²) in [7, 11) is 0. The summed E-state index contributed by atoms with van der Waals surface area (Å²) in [5.41, 5.74) is 3.76. The van der Waals surface area contributed by atoms with Gasteiger partial charge in [-0.25, -0.2) is 0 Å². The maximum atomic E-state index is 6.56. The Morgan fingerprint density at radius 2 is 2.15 bits per heavy atom. The Bertz CT molecular complexity index is 728. The summed E-state index contributed by atoms with van der Waals surface area (Å²) in [6, 6.07) is 8.91. The molecule has 2 aliphatic carbocycles. The summed E-state index contributed by atoms with van der Waals surface area (Å²) in [5.74, 6) is 0.474. The molecule has 0 saturated heterocycles. The van der Waals surface area contributed by atoms with Crippen LogP contribution in [0.5, 0.6) is 0 Å². The molecule has 3 heteroatoms. The van der Waals surface area contributed by atoms with Crippen LogP contribution in [-0.2, 0) is 11.8 Å². The number of aromatic amines is 1. The normalized spacial score (nSPS) is 28.9. The summed E-state index contributed by atoms with van der Waals surface area (Å²) < 4.78 is 0. The fourth-order valence-corrected chi connectivity index (χ4v) is 4.69. The average Bonchev–Trinajstić information content (AvgIpc) is 3.13. The van der Waals surface area contributed by atoms with Gasteiger partial charge < -0.3 is 4.98 Å². The lowest BCUT2D eigenvalue weighted by atomic mass is 9.84. The van der Waals surface area contributed by atoms with Crippen molar-refractivity contribution >= 4 is 34.1 Å². The molecule has 2 aliphatic rings. The molecule has 2 aromatic rings. The van der Waals surface area contributed by atoms with E-state index in [0.29, 0.717) is 5.92 Å². The zero-order valence-corrected chi connectivity index (χ0v) is 13.0. The largest absolute Gasteiger partial charge is 0.358 e. The van der Waals surface area contributed by atoms with Crippen molar-refractivity contribution in [1.29, 1.82) is 0 Å². The predicted octanol–water partition coefficient (Wildman–Crippen LogP) is 5.47. The first-order chi connectivity index (χ1) is 9.64. The zero-order chi connectivity index (χ0) is 13.9. The first-order valence-corrected chi connectivity index (χ1v) is 8.07. The lowest BCUT2D eigenvalue weighted by Gasteiger charge is -2.26. The maximum absolute atomic E-state index is 6.56. The quantitative estimate of drug-likeness (QED) is 0.757. The minimum Gasteiger partial charge on any atom is -0.358 e. The van der Waals surface area contributed by atoms with Crippen LogP contribution in [0.1, 0.15) is 37.4 Å². The Labute approximate surface area is 129 Å². The van der Waals surface area contributed by atoms with E-state index in [1.165, 1.54) is 22.2 Å². The molecular formula is C17H17Cl2N. The molecule has 0 aliphatic heterocycles. The number of aryl methyl sites for hydroxylation is 1. The number of allylic oxidation sites excluding steroid dienone is 2. The van der Waals surface area contributed by atoms with Crippen molar-refractivity contribution in [2.24, 2.45) is 5.92 Å². The number of fused-ring (bicyclic) bond motifs is 3. The molecule has 1 N–H and O–H groups in total. The Kier molecular flexibility index (Phi) is 2.74. The van der Waals surface area contributed by atoms with Crippen LogP contribution in [-0.4, -0.2) is 4.98 Å². The standard InChI is InChI=1S/C17H17Cl2N/c1-2-10-3-4-13-12(7-10)8-14(20-13)17-6-5-11(9-17)15(18)16(17)19/h3-4,7-8,11,20H,2,5-6,9H2,1H3. The van der Waals surface area contributed by atoms with Crippen molar-refractivity contribution in [3.63, 3.8) is 0 Å². The van der Waals surface area contributed by atoms with E-state index in [-0.39, 0.29) is 5.41 Å². The number of hydrogen-bond donors (Lipinski definition) is 1. The predicted molar refractivity (Wildman–Crippen MR) is 85.4 cm³/mol. The van der Waals surface area contributed by atoms with E-state index in [1.807, 2.05) is 0 Å². The topological polar surface area (TPSA) is 15.8 Å². The number of halogens is 2. The van der Waals surface area contributed by atoms with E-state index in [2.05, 4.69) is 36.2 Å². The molecule has 0 radical (unpaired) electrons. The van der Waals surface area contributed by atoms with Gasteiger partial charge in [-0.1, -0.05) is 36.2 Å². The van der Waals surface area contributed by atoms with E-state index in [1.54, 1.807) is 0 Å². The van der Waals surface area contributed by atoms with E-state index in [4.69, 9.17) is 23.2 Å². The van der Waals surface area contributed by atoms with Gasteiger partial charge in [0.25, 0.3) is 0 Å². The van der Waals surface area contributed by atoms with Gasteiger partial charge in [0, 0.05) is 26.7 Å². The van der Waals surface area contributed by atoms with E-state index in [9.17, 15) is 0 Å². The number of H-pyrrole nitrogens is 1. The highest BCUT2D eigenvalue weighted by Gasteiger charge is 2.51. The first-order valence-electron chi connectivity index (χ1n) is 7.32. The molecule has 1 fully saturated rings. The van der Waals surface area contributed by atoms with Gasteiger partial charge in [-0.05, 0) is 60.7 Å². The molecule has 0 spiro atoms. The lowest BCUT2D eigenvalue weighted by molar-refractivity contribution is 0.542. The monoisotopic (exact) mass is 305 g/mol. The molecule has 0 amide bonds. The molecule has 1 nitrogen and oxygen atoms in total. The van der Waals surface area contributed by atoms with Crippen LogP contribution in [0.15, 0.2) is 34.3 Å². The SMILES string of the molecule is CCc1ccc2[nH]c(C34CCC(C3)C(Cl)=C4Cl)cc2c1. The molecule has 1 aromatic carbocycles. The fourth-order valence-electron chi connectivity index (χ4n) is 3.89. The number of rotatable bonds is 2. The zero-order valence-electron chi connectivity index (χ0n) is 11.5. The van der Waals surface area contributed by atoms with Gasteiger partial charge in [0.05, 0.1) is 0 Å². The molecule has 1 aromatic heterocycles. The van der Waals surface area contributed by atoms with E-state index in [0.717, 1.165) is 35.7 Å². The highest BCUT2D eigenvalue weighted by Crippen LogP contribution is 2.60. The highest BCUT2D eigenvalue weighted by molar-refractivity contribution is 6.40. The number of nitrogens with one attached hydrogen (secondary N) is 1. The van der Waals surface area contributed by atoms with Gasteiger partial charge in [0.1, 0.15) is 0 Å². The molecule has 2 atom stereocenters. The van der Waals surface area contributed by atoms with Crippen LogP contribution in [0.3, 0.4) is 0 Å². The number of hydrogen-bond acceptors (Lipinski definition) is 0. The Morgan fingerprint density at radius 1 is 1.30 bits per heavy atom. The average molecular weight is 306 g/mol. The Hall–Kier alpha value is -0.920. The van der Waals surface area contributed by atoms with Crippen molar-refractivity contribution in [2.45, 2.75) is 38.0 Å². The minimum atomic E-state index is -0.0469. The molecule has 2 unspecified atom stereocenters. The summed E-state index contributed by atoms with van der Waals surface area (Å²) in [4.78, 5) is 3.58. The van der Waals surface area contributed by atoms with Crippen LogP contribution in [0.4, 0.5) is 0 Å². The Balaban J connectivity index is 1.87. The van der Waals surface area contributed by atoms with Crippen LogP contribution in [0.2, 0.25) is 0 Å². The maximum Gasteiger partial charge on any atom is 0.0479 e. The molecule has 1 heterocycles. The van der Waals surface area contributed by atoms with Crippen molar-refractivity contribution in [3.8, 4) is 0 Å². The highest BCUT2D eigenvalue weighted by atomic mass is 35.5. The van der Waals surface area contributed by atoms with Crippen molar-refractivity contribution in [2.75, 3.05) is 0 Å². The first kappa shape index (κ1) is 12.8. The summed E-state index contributed by atoms with van der Waals surface area (Å²) >= 11 is 12.9. The van der Waals surface area contributed by atoms with Gasteiger partial charge in [0.2, 0.25) is 0 Å². The number of aromatic nitrogens is 1. The van der Waals surface area contributed by atoms with Gasteiger partial charge in [0.15, 0.2) is 0 Å². The van der Waals surface area contributed by atoms with E-state index >= 15 is 0 Å².